The molecule has 0 heterocycles. The first-order valence-electron chi connectivity index (χ1n) is 10.2. The molecule has 7 heteroatoms. The Bertz CT molecular complexity index is 600. The number of carbonyl (C=O) groups excluding carboxylic acids is 1. The summed E-state index contributed by atoms with van der Waals surface area (Å²) in [4.78, 5) is 12.9. The average molecular weight is 375 g/mol. The summed E-state index contributed by atoms with van der Waals surface area (Å²) in [5.74, 6) is 0.574. The van der Waals surface area contributed by atoms with E-state index < -0.39 is 7.32 Å². The fourth-order valence-electron chi connectivity index (χ4n) is 4.23. The van der Waals surface area contributed by atoms with Crippen molar-refractivity contribution in [2.45, 2.75) is 76.5 Å². The van der Waals surface area contributed by atoms with Crippen LogP contribution in [0.1, 0.15) is 63.4 Å². The van der Waals surface area contributed by atoms with Gasteiger partial charge in [0.25, 0.3) is 0 Å². The topological polar surface area (TPSA) is 88.0 Å². The highest BCUT2D eigenvalue weighted by atomic mass is 16.6. The van der Waals surface area contributed by atoms with Crippen LogP contribution in [0.25, 0.3) is 0 Å². The van der Waals surface area contributed by atoms with Crippen molar-refractivity contribution in [2.24, 2.45) is 5.92 Å². The predicted octanol–water partition coefficient (Wildman–Crippen LogP) is 2.56. The summed E-state index contributed by atoms with van der Waals surface area (Å²) in [6.07, 6.45) is 9.99. The highest BCUT2D eigenvalue weighted by molar-refractivity contribution is 6.33. The fraction of sp³-hybridized carbons (Fsp3) is 0.650. The lowest BCUT2D eigenvalue weighted by Gasteiger charge is -2.30. The third-order valence-electron chi connectivity index (χ3n) is 5.63. The van der Waals surface area contributed by atoms with Crippen molar-refractivity contribution in [2.75, 3.05) is 0 Å². The SMILES string of the molecule is O=C(OC1CCCC1)[C@@H](NCc1cccc(OB(O)O)c1)C1CCCCC1. The maximum absolute atomic E-state index is 12.9. The van der Waals surface area contributed by atoms with Gasteiger partial charge in [0.05, 0.1) is 0 Å². The van der Waals surface area contributed by atoms with Crippen molar-refractivity contribution in [3.05, 3.63) is 29.8 Å². The Kier molecular flexibility index (Phi) is 7.55. The van der Waals surface area contributed by atoms with Crippen LogP contribution in [0.2, 0.25) is 0 Å². The molecule has 3 rings (SSSR count). The maximum atomic E-state index is 12.9. The summed E-state index contributed by atoms with van der Waals surface area (Å²) < 4.78 is 10.7. The first-order chi connectivity index (χ1) is 13.1. The lowest BCUT2D eigenvalue weighted by atomic mass is 9.83. The number of ether oxygens (including phenoxy) is 1. The van der Waals surface area contributed by atoms with Crippen LogP contribution in [-0.4, -0.2) is 35.5 Å². The minimum atomic E-state index is -1.84. The zero-order chi connectivity index (χ0) is 19.1. The Morgan fingerprint density at radius 1 is 1.11 bits per heavy atom. The standard InChI is InChI=1S/C20H30BNO5/c23-20(26-17-10-4-5-11-17)19(16-8-2-1-3-9-16)22-14-15-7-6-12-18(13-15)27-21(24)25/h6-7,12-13,16-17,19,22,24-25H,1-5,8-11,14H2/t19-/m0/s1. The summed E-state index contributed by atoms with van der Waals surface area (Å²) in [5.41, 5.74) is 0.919. The van der Waals surface area contributed by atoms with Gasteiger partial charge in [-0.2, -0.15) is 0 Å². The number of nitrogens with one attached hydrogen (secondary N) is 1. The Morgan fingerprint density at radius 3 is 2.52 bits per heavy atom. The molecule has 6 nitrogen and oxygen atoms in total. The molecule has 0 aromatic heterocycles. The molecule has 2 aliphatic carbocycles. The molecule has 0 radical (unpaired) electrons. The van der Waals surface area contributed by atoms with E-state index in [9.17, 15) is 4.79 Å². The normalized spacial score (nSPS) is 19.6. The molecule has 2 fully saturated rings. The molecule has 148 valence electrons. The molecule has 1 aromatic carbocycles. The molecule has 0 unspecified atom stereocenters. The summed E-state index contributed by atoms with van der Waals surface area (Å²) in [6.45, 7) is 0.500. The Labute approximate surface area is 161 Å². The van der Waals surface area contributed by atoms with Gasteiger partial charge in [0.2, 0.25) is 0 Å². The van der Waals surface area contributed by atoms with Gasteiger partial charge in [-0.15, -0.1) is 0 Å². The molecular formula is C20H30BNO5. The van der Waals surface area contributed by atoms with Crippen molar-refractivity contribution in [1.29, 1.82) is 0 Å². The molecule has 1 aromatic rings. The lowest BCUT2D eigenvalue weighted by molar-refractivity contribution is -0.153. The molecule has 0 amide bonds. The van der Waals surface area contributed by atoms with E-state index in [0.717, 1.165) is 56.9 Å². The number of hydrogen-bond acceptors (Lipinski definition) is 6. The third-order valence-corrected chi connectivity index (χ3v) is 5.63. The second-order valence-corrected chi connectivity index (χ2v) is 7.69. The zero-order valence-electron chi connectivity index (χ0n) is 15.8. The molecule has 2 aliphatic rings. The molecule has 0 saturated heterocycles. The van der Waals surface area contributed by atoms with E-state index in [1.165, 1.54) is 6.42 Å². The van der Waals surface area contributed by atoms with Crippen LogP contribution in [0.4, 0.5) is 0 Å². The average Bonchev–Trinajstić information content (AvgIpc) is 3.15. The van der Waals surface area contributed by atoms with Gasteiger partial charge < -0.3 is 24.8 Å². The summed E-state index contributed by atoms with van der Waals surface area (Å²) >= 11 is 0. The van der Waals surface area contributed by atoms with Gasteiger partial charge in [-0.25, -0.2) is 0 Å². The minimum Gasteiger partial charge on any atom is -0.512 e. The molecular weight excluding hydrogens is 345 g/mol. The van der Waals surface area contributed by atoms with E-state index >= 15 is 0 Å². The monoisotopic (exact) mass is 375 g/mol. The van der Waals surface area contributed by atoms with E-state index in [2.05, 4.69) is 5.32 Å². The number of carbonyl (C=O) groups is 1. The zero-order valence-corrected chi connectivity index (χ0v) is 15.8. The Balaban J connectivity index is 1.62. The lowest BCUT2D eigenvalue weighted by Crippen LogP contribution is -2.45. The van der Waals surface area contributed by atoms with Gasteiger partial charge in [0.1, 0.15) is 17.9 Å². The van der Waals surface area contributed by atoms with Crippen LogP contribution in [0.5, 0.6) is 5.75 Å². The first kappa shape index (κ1) is 20.2. The molecule has 0 spiro atoms. The van der Waals surface area contributed by atoms with E-state index in [1.807, 2.05) is 6.07 Å². The van der Waals surface area contributed by atoms with Crippen LogP contribution in [0, 0.1) is 5.92 Å². The molecule has 0 aliphatic heterocycles. The summed E-state index contributed by atoms with van der Waals surface area (Å²) in [7, 11) is -1.84. The van der Waals surface area contributed by atoms with Crippen LogP contribution >= 0.6 is 0 Å². The van der Waals surface area contributed by atoms with E-state index in [1.54, 1.807) is 18.2 Å². The van der Waals surface area contributed by atoms with Gasteiger partial charge in [0, 0.05) is 6.54 Å². The largest absolute Gasteiger partial charge is 0.707 e. The highest BCUT2D eigenvalue weighted by Gasteiger charge is 2.32. The summed E-state index contributed by atoms with van der Waals surface area (Å²) in [6, 6.07) is 6.83. The summed E-state index contributed by atoms with van der Waals surface area (Å²) in [5, 5.41) is 21.3. The van der Waals surface area contributed by atoms with Crippen LogP contribution in [-0.2, 0) is 16.1 Å². The molecule has 27 heavy (non-hydrogen) atoms. The van der Waals surface area contributed by atoms with Gasteiger partial charge in [-0.1, -0.05) is 31.4 Å². The van der Waals surface area contributed by atoms with Gasteiger partial charge in [-0.05, 0) is 62.1 Å². The number of esters is 1. The van der Waals surface area contributed by atoms with Crippen LogP contribution in [0.15, 0.2) is 24.3 Å². The molecule has 1 atom stereocenters. The quantitative estimate of drug-likeness (QED) is 0.478. The number of benzene rings is 1. The van der Waals surface area contributed by atoms with Crippen molar-refractivity contribution < 1.29 is 24.2 Å². The second-order valence-electron chi connectivity index (χ2n) is 7.69. The number of rotatable bonds is 8. The maximum Gasteiger partial charge on any atom is 0.707 e. The van der Waals surface area contributed by atoms with Crippen molar-refractivity contribution in [3.63, 3.8) is 0 Å². The fourth-order valence-corrected chi connectivity index (χ4v) is 4.23. The van der Waals surface area contributed by atoms with Gasteiger partial charge in [0.15, 0.2) is 0 Å². The predicted molar refractivity (Wildman–Crippen MR) is 103 cm³/mol. The number of hydrogen-bond donors (Lipinski definition) is 3. The third kappa shape index (κ3) is 6.23. The van der Waals surface area contributed by atoms with Gasteiger partial charge >= 0.3 is 13.3 Å². The first-order valence-corrected chi connectivity index (χ1v) is 10.2. The van der Waals surface area contributed by atoms with Gasteiger partial charge in [-0.3, -0.25) is 4.79 Å². The molecule has 2 saturated carbocycles. The van der Waals surface area contributed by atoms with Crippen molar-refractivity contribution >= 4 is 13.3 Å². The molecule has 3 N–H and O–H groups in total. The van der Waals surface area contributed by atoms with Crippen molar-refractivity contribution in [3.8, 4) is 5.75 Å². The minimum absolute atomic E-state index is 0.0770. The molecule has 0 bridgehead atoms. The van der Waals surface area contributed by atoms with Crippen LogP contribution in [0.3, 0.4) is 0 Å². The van der Waals surface area contributed by atoms with Crippen LogP contribution < -0.4 is 9.97 Å². The smallest absolute Gasteiger partial charge is 0.512 e. The van der Waals surface area contributed by atoms with E-state index in [0.29, 0.717) is 18.2 Å². The Hall–Kier alpha value is -1.57. The Morgan fingerprint density at radius 2 is 1.81 bits per heavy atom. The van der Waals surface area contributed by atoms with Crippen molar-refractivity contribution in [1.82, 2.24) is 5.32 Å². The van der Waals surface area contributed by atoms with E-state index in [-0.39, 0.29) is 18.1 Å². The second kappa shape index (κ2) is 10.1. The highest BCUT2D eigenvalue weighted by Crippen LogP contribution is 2.29. The van der Waals surface area contributed by atoms with E-state index in [4.69, 9.17) is 19.4 Å².